The molecule has 0 spiro atoms. The number of fused-ring (bicyclic) bond motifs is 1. The topological polar surface area (TPSA) is 55.3 Å². The molecule has 102 valence electrons. The SMILES string of the molecule is Cc1ccc2c(c1)O[C@H](C)CN2C(=O)c1ccnnc1. The first-order valence-electron chi connectivity index (χ1n) is 6.51. The van der Waals surface area contributed by atoms with E-state index in [0.29, 0.717) is 12.1 Å². The van der Waals surface area contributed by atoms with Crippen LogP contribution in [-0.2, 0) is 0 Å². The molecule has 2 heterocycles. The summed E-state index contributed by atoms with van der Waals surface area (Å²) in [7, 11) is 0. The first-order chi connectivity index (χ1) is 9.65. The Hall–Kier alpha value is -2.43. The largest absolute Gasteiger partial charge is 0.487 e. The minimum absolute atomic E-state index is 0.0388. The monoisotopic (exact) mass is 269 g/mol. The Balaban J connectivity index is 2.01. The predicted molar refractivity (Wildman–Crippen MR) is 75.0 cm³/mol. The molecule has 0 saturated heterocycles. The summed E-state index contributed by atoms with van der Waals surface area (Å²) in [5.41, 5.74) is 2.44. The summed E-state index contributed by atoms with van der Waals surface area (Å²) in [6.45, 7) is 4.48. The van der Waals surface area contributed by atoms with Gasteiger partial charge in [0.2, 0.25) is 0 Å². The molecule has 1 amide bonds. The minimum Gasteiger partial charge on any atom is -0.487 e. The molecule has 3 rings (SSSR count). The number of rotatable bonds is 1. The number of aromatic nitrogens is 2. The summed E-state index contributed by atoms with van der Waals surface area (Å²) in [5.74, 6) is 0.666. The molecule has 0 aliphatic carbocycles. The summed E-state index contributed by atoms with van der Waals surface area (Å²) in [4.78, 5) is 14.3. The summed E-state index contributed by atoms with van der Waals surface area (Å²) >= 11 is 0. The Morgan fingerprint density at radius 3 is 2.95 bits per heavy atom. The minimum atomic E-state index is -0.0832. The van der Waals surface area contributed by atoms with Gasteiger partial charge in [0.1, 0.15) is 11.9 Å². The molecular formula is C15H15N3O2. The summed E-state index contributed by atoms with van der Waals surface area (Å²) < 4.78 is 5.81. The van der Waals surface area contributed by atoms with Gasteiger partial charge in [-0.1, -0.05) is 6.07 Å². The molecular weight excluding hydrogens is 254 g/mol. The van der Waals surface area contributed by atoms with E-state index in [1.165, 1.54) is 12.4 Å². The van der Waals surface area contributed by atoms with Gasteiger partial charge in [-0.3, -0.25) is 4.79 Å². The van der Waals surface area contributed by atoms with Crippen molar-refractivity contribution in [2.45, 2.75) is 20.0 Å². The van der Waals surface area contributed by atoms with E-state index in [0.717, 1.165) is 17.0 Å². The number of benzene rings is 1. The molecule has 0 fully saturated rings. The molecule has 0 bridgehead atoms. The van der Waals surface area contributed by atoms with E-state index in [1.807, 2.05) is 32.0 Å². The third-order valence-electron chi connectivity index (χ3n) is 3.25. The van der Waals surface area contributed by atoms with Crippen molar-refractivity contribution in [2.24, 2.45) is 0 Å². The molecule has 0 saturated carbocycles. The molecule has 0 unspecified atom stereocenters. The number of carbonyl (C=O) groups is 1. The maximum atomic E-state index is 12.6. The van der Waals surface area contributed by atoms with Crippen LogP contribution < -0.4 is 9.64 Å². The van der Waals surface area contributed by atoms with Crippen LogP contribution in [0.5, 0.6) is 5.75 Å². The zero-order valence-electron chi connectivity index (χ0n) is 11.4. The van der Waals surface area contributed by atoms with Crippen LogP contribution in [0.2, 0.25) is 0 Å². The Morgan fingerprint density at radius 2 is 2.20 bits per heavy atom. The molecule has 1 atom stereocenters. The van der Waals surface area contributed by atoms with Crippen molar-refractivity contribution in [3.63, 3.8) is 0 Å². The van der Waals surface area contributed by atoms with E-state index in [-0.39, 0.29) is 12.0 Å². The van der Waals surface area contributed by atoms with E-state index < -0.39 is 0 Å². The molecule has 5 nitrogen and oxygen atoms in total. The summed E-state index contributed by atoms with van der Waals surface area (Å²) in [6, 6.07) is 7.52. The van der Waals surface area contributed by atoms with Gasteiger partial charge in [-0.15, -0.1) is 0 Å². The zero-order valence-corrected chi connectivity index (χ0v) is 11.4. The smallest absolute Gasteiger partial charge is 0.260 e. The average Bonchev–Trinajstić information content (AvgIpc) is 2.46. The highest BCUT2D eigenvalue weighted by molar-refractivity contribution is 6.06. The van der Waals surface area contributed by atoms with Crippen molar-refractivity contribution in [2.75, 3.05) is 11.4 Å². The third-order valence-corrected chi connectivity index (χ3v) is 3.25. The zero-order chi connectivity index (χ0) is 14.1. The molecule has 0 radical (unpaired) electrons. The second kappa shape index (κ2) is 4.92. The Labute approximate surface area is 117 Å². The second-order valence-corrected chi connectivity index (χ2v) is 4.95. The fourth-order valence-corrected chi connectivity index (χ4v) is 2.31. The summed E-state index contributed by atoms with van der Waals surface area (Å²) in [5, 5.41) is 7.46. The van der Waals surface area contributed by atoms with E-state index in [4.69, 9.17) is 4.74 Å². The number of amides is 1. The average molecular weight is 269 g/mol. The number of aryl methyl sites for hydroxylation is 1. The highest BCUT2D eigenvalue weighted by Gasteiger charge is 2.28. The van der Waals surface area contributed by atoms with Crippen molar-refractivity contribution in [1.29, 1.82) is 0 Å². The van der Waals surface area contributed by atoms with Crippen molar-refractivity contribution in [1.82, 2.24) is 10.2 Å². The van der Waals surface area contributed by atoms with Gasteiger partial charge in [0.05, 0.1) is 30.2 Å². The van der Waals surface area contributed by atoms with Crippen LogP contribution >= 0.6 is 0 Å². The lowest BCUT2D eigenvalue weighted by Crippen LogP contribution is -2.42. The van der Waals surface area contributed by atoms with E-state index in [2.05, 4.69) is 10.2 Å². The lowest BCUT2D eigenvalue weighted by Gasteiger charge is -2.33. The van der Waals surface area contributed by atoms with Crippen molar-refractivity contribution in [3.8, 4) is 5.75 Å². The molecule has 0 N–H and O–H groups in total. The maximum absolute atomic E-state index is 12.6. The molecule has 1 aliphatic rings. The first kappa shape index (κ1) is 12.6. The van der Waals surface area contributed by atoms with Crippen molar-refractivity contribution < 1.29 is 9.53 Å². The molecule has 1 aliphatic heterocycles. The highest BCUT2D eigenvalue weighted by atomic mass is 16.5. The molecule has 5 heteroatoms. The second-order valence-electron chi connectivity index (χ2n) is 4.95. The lowest BCUT2D eigenvalue weighted by atomic mass is 10.1. The van der Waals surface area contributed by atoms with Gasteiger partial charge in [0.15, 0.2) is 0 Å². The Morgan fingerprint density at radius 1 is 1.35 bits per heavy atom. The number of hydrogen-bond donors (Lipinski definition) is 0. The van der Waals surface area contributed by atoms with Gasteiger partial charge in [-0.2, -0.15) is 10.2 Å². The van der Waals surface area contributed by atoms with Gasteiger partial charge in [0.25, 0.3) is 5.91 Å². The van der Waals surface area contributed by atoms with Crippen LogP contribution in [-0.4, -0.2) is 28.8 Å². The van der Waals surface area contributed by atoms with E-state index >= 15 is 0 Å². The fraction of sp³-hybridized carbons (Fsp3) is 0.267. The molecule has 1 aromatic carbocycles. The van der Waals surface area contributed by atoms with Crippen LogP contribution in [0.1, 0.15) is 22.8 Å². The molecule has 2 aromatic rings. The van der Waals surface area contributed by atoms with Gasteiger partial charge in [-0.25, -0.2) is 0 Å². The fourth-order valence-electron chi connectivity index (χ4n) is 2.31. The van der Waals surface area contributed by atoms with E-state index in [1.54, 1.807) is 11.0 Å². The van der Waals surface area contributed by atoms with Crippen LogP contribution in [0.4, 0.5) is 5.69 Å². The Bertz CT molecular complexity index is 643. The third kappa shape index (κ3) is 2.22. The van der Waals surface area contributed by atoms with Gasteiger partial charge < -0.3 is 9.64 Å². The van der Waals surface area contributed by atoms with Crippen molar-refractivity contribution in [3.05, 3.63) is 47.8 Å². The first-order valence-corrected chi connectivity index (χ1v) is 6.51. The standard InChI is InChI=1S/C15H15N3O2/c1-10-3-4-13-14(7-10)20-11(2)9-18(13)15(19)12-5-6-16-17-8-12/h3-8,11H,9H2,1-2H3/t11-/m1/s1. The number of nitrogens with zero attached hydrogens (tertiary/aromatic N) is 3. The van der Waals surface area contributed by atoms with Crippen LogP contribution in [0, 0.1) is 6.92 Å². The van der Waals surface area contributed by atoms with Gasteiger partial charge in [-0.05, 0) is 37.6 Å². The van der Waals surface area contributed by atoms with Crippen LogP contribution in [0.3, 0.4) is 0 Å². The quantitative estimate of drug-likeness (QED) is 0.796. The van der Waals surface area contributed by atoms with Crippen LogP contribution in [0.25, 0.3) is 0 Å². The molecule has 20 heavy (non-hydrogen) atoms. The van der Waals surface area contributed by atoms with Gasteiger partial charge in [0, 0.05) is 0 Å². The number of ether oxygens (including phenoxy) is 1. The normalized spacial score (nSPS) is 17.3. The predicted octanol–water partition coefficient (Wildman–Crippen LogP) is 2.21. The highest BCUT2D eigenvalue weighted by Crippen LogP contribution is 2.34. The number of anilines is 1. The van der Waals surface area contributed by atoms with Crippen molar-refractivity contribution >= 4 is 11.6 Å². The maximum Gasteiger partial charge on any atom is 0.260 e. The van der Waals surface area contributed by atoms with E-state index in [9.17, 15) is 4.79 Å². The van der Waals surface area contributed by atoms with Crippen LogP contribution in [0.15, 0.2) is 36.7 Å². The van der Waals surface area contributed by atoms with Gasteiger partial charge >= 0.3 is 0 Å². The molecule has 1 aromatic heterocycles. The number of carbonyl (C=O) groups excluding carboxylic acids is 1. The lowest BCUT2D eigenvalue weighted by molar-refractivity contribution is 0.0960. The Kier molecular flexibility index (Phi) is 3.10. The number of hydrogen-bond acceptors (Lipinski definition) is 4. The summed E-state index contributed by atoms with van der Waals surface area (Å²) in [6.07, 6.45) is 2.96.